The first-order valence-corrected chi connectivity index (χ1v) is 12.3. The molecule has 0 radical (unpaired) electrons. The molecule has 34 heavy (non-hydrogen) atoms. The molecule has 0 aliphatic carbocycles. The van der Waals surface area contributed by atoms with Gasteiger partial charge in [0.1, 0.15) is 24.4 Å². The smallest absolute Gasteiger partial charge is 0.325 e. The molecule has 5 amide bonds. The molecule has 11 nitrogen and oxygen atoms in total. The van der Waals surface area contributed by atoms with Crippen LogP contribution in [0, 0.1) is 5.92 Å². The van der Waals surface area contributed by atoms with E-state index in [9.17, 15) is 24.0 Å². The topological polar surface area (TPSA) is 154 Å². The normalized spacial score (nSPS) is 17.8. The molecule has 1 saturated heterocycles. The molecule has 0 aromatic heterocycles. The third kappa shape index (κ3) is 7.45. The predicted octanol–water partition coefficient (Wildman–Crippen LogP) is 0.958. The average Bonchev–Trinajstić information content (AvgIpc) is 2.92. The standard InChI is InChI=1S/C21H26ClIN4O7/c1-11(20(31)32)25-18(29)15(5-6-23)26-21(33)27-10-17(28)24-9-13(19(27)30)7-12-8-14(22)3-4-16(12)34-2/h3-4,8,11,13,15H,5-7,9-10H2,1-2H3,(H,24,28)(H,25,29)(H,26,33)(H,31,32)/t11-,13?,15-/m1/s1. The number of aliphatic carboxylic acids is 1. The van der Waals surface area contributed by atoms with Crippen molar-refractivity contribution in [3.63, 3.8) is 0 Å². The van der Waals surface area contributed by atoms with Crippen LogP contribution in [0.4, 0.5) is 4.79 Å². The predicted molar refractivity (Wildman–Crippen MR) is 131 cm³/mol. The third-order valence-corrected chi connectivity index (χ3v) is 6.02. The molecule has 1 unspecified atom stereocenters. The summed E-state index contributed by atoms with van der Waals surface area (Å²) >= 11 is 8.08. The Morgan fingerprint density at radius 3 is 2.65 bits per heavy atom. The minimum Gasteiger partial charge on any atom is -0.496 e. The monoisotopic (exact) mass is 608 g/mol. The maximum Gasteiger partial charge on any atom is 0.325 e. The van der Waals surface area contributed by atoms with Gasteiger partial charge in [0.15, 0.2) is 0 Å². The number of urea groups is 1. The van der Waals surface area contributed by atoms with Crippen LogP contribution in [0.25, 0.3) is 0 Å². The largest absolute Gasteiger partial charge is 0.496 e. The van der Waals surface area contributed by atoms with Crippen LogP contribution in [-0.4, -0.2) is 76.4 Å². The number of imide groups is 1. The highest BCUT2D eigenvalue weighted by Crippen LogP contribution is 2.26. The van der Waals surface area contributed by atoms with E-state index in [4.69, 9.17) is 21.4 Å². The Labute approximate surface area is 215 Å². The zero-order valence-electron chi connectivity index (χ0n) is 18.6. The number of benzene rings is 1. The van der Waals surface area contributed by atoms with E-state index in [2.05, 4.69) is 16.0 Å². The number of hydrogen-bond acceptors (Lipinski definition) is 6. The quantitative estimate of drug-likeness (QED) is 0.241. The lowest BCUT2D eigenvalue weighted by atomic mass is 9.97. The lowest BCUT2D eigenvalue weighted by Gasteiger charge is -2.25. The summed E-state index contributed by atoms with van der Waals surface area (Å²) < 4.78 is 5.80. The Morgan fingerprint density at radius 2 is 2.03 bits per heavy atom. The second-order valence-corrected chi connectivity index (χ2v) is 9.15. The van der Waals surface area contributed by atoms with Crippen molar-refractivity contribution < 1.29 is 33.8 Å². The van der Waals surface area contributed by atoms with Gasteiger partial charge in [0.25, 0.3) is 0 Å². The van der Waals surface area contributed by atoms with Gasteiger partial charge in [0.2, 0.25) is 17.7 Å². The minimum absolute atomic E-state index is 0.00487. The summed E-state index contributed by atoms with van der Waals surface area (Å²) in [6.45, 7) is 0.781. The lowest BCUT2D eigenvalue weighted by Crippen LogP contribution is -2.56. The van der Waals surface area contributed by atoms with Gasteiger partial charge in [-0.25, -0.2) is 4.79 Å². The highest BCUT2D eigenvalue weighted by Gasteiger charge is 2.36. The molecule has 1 aliphatic rings. The number of carbonyl (C=O) groups excluding carboxylic acids is 4. The van der Waals surface area contributed by atoms with Gasteiger partial charge in [0, 0.05) is 16.0 Å². The van der Waals surface area contributed by atoms with Crippen molar-refractivity contribution in [2.75, 3.05) is 24.6 Å². The molecular formula is C21H26ClIN4O7. The maximum atomic E-state index is 13.2. The van der Waals surface area contributed by atoms with E-state index in [-0.39, 0.29) is 19.4 Å². The van der Waals surface area contributed by atoms with Crippen molar-refractivity contribution in [1.29, 1.82) is 0 Å². The van der Waals surface area contributed by atoms with E-state index in [1.165, 1.54) is 14.0 Å². The fourth-order valence-electron chi connectivity index (χ4n) is 3.31. The number of rotatable bonds is 9. The van der Waals surface area contributed by atoms with Crippen molar-refractivity contribution in [2.24, 2.45) is 5.92 Å². The van der Waals surface area contributed by atoms with Crippen molar-refractivity contribution in [3.05, 3.63) is 28.8 Å². The van der Waals surface area contributed by atoms with Gasteiger partial charge in [-0.05, 0) is 43.5 Å². The number of halogens is 2. The van der Waals surface area contributed by atoms with Gasteiger partial charge in [-0.1, -0.05) is 34.2 Å². The maximum absolute atomic E-state index is 13.2. The molecular weight excluding hydrogens is 583 g/mol. The van der Waals surface area contributed by atoms with Gasteiger partial charge in [0.05, 0.1) is 13.0 Å². The summed E-state index contributed by atoms with van der Waals surface area (Å²) in [6.07, 6.45) is 0.349. The highest BCUT2D eigenvalue weighted by molar-refractivity contribution is 14.1. The van der Waals surface area contributed by atoms with Crippen molar-refractivity contribution in [3.8, 4) is 5.75 Å². The molecule has 0 bridgehead atoms. The molecule has 0 spiro atoms. The number of hydrogen-bond donors (Lipinski definition) is 4. The summed E-state index contributed by atoms with van der Waals surface area (Å²) in [6, 6.07) is 1.78. The molecule has 13 heteroatoms. The van der Waals surface area contributed by atoms with Crippen molar-refractivity contribution >= 4 is 63.9 Å². The van der Waals surface area contributed by atoms with Gasteiger partial charge in [-0.2, -0.15) is 0 Å². The summed E-state index contributed by atoms with van der Waals surface area (Å²) in [7, 11) is 1.48. The van der Waals surface area contributed by atoms with E-state index in [0.717, 1.165) is 4.90 Å². The van der Waals surface area contributed by atoms with Crippen LogP contribution in [0.15, 0.2) is 18.2 Å². The second-order valence-electron chi connectivity index (χ2n) is 7.63. The first-order chi connectivity index (χ1) is 16.1. The molecule has 2 rings (SSSR count). The fourth-order valence-corrected chi connectivity index (χ4v) is 4.12. The Balaban J connectivity index is 2.21. The molecule has 1 aromatic rings. The third-order valence-electron chi connectivity index (χ3n) is 5.16. The van der Waals surface area contributed by atoms with E-state index in [1.54, 1.807) is 18.2 Å². The van der Waals surface area contributed by atoms with Crippen LogP contribution >= 0.6 is 34.2 Å². The zero-order chi connectivity index (χ0) is 25.4. The Kier molecular flexibility index (Phi) is 10.4. The number of carbonyl (C=O) groups is 5. The molecule has 186 valence electrons. The van der Waals surface area contributed by atoms with E-state index < -0.39 is 54.3 Å². The summed E-state index contributed by atoms with van der Waals surface area (Å²) in [5.74, 6) is -3.34. The SMILES string of the molecule is COc1ccc(Cl)cc1CC1CNC(=O)CN(C(=O)N[C@H](CCI)C(=O)N[C@H](C)C(=O)O)C1=O. The van der Waals surface area contributed by atoms with E-state index in [1.807, 2.05) is 22.6 Å². The molecule has 4 N–H and O–H groups in total. The Hall–Kier alpha value is -2.61. The molecule has 1 fully saturated rings. The summed E-state index contributed by atoms with van der Waals surface area (Å²) in [5.41, 5.74) is 0.634. The Bertz CT molecular complexity index is 961. The van der Waals surface area contributed by atoms with Gasteiger partial charge < -0.3 is 25.8 Å². The molecule has 1 aromatic carbocycles. The minimum atomic E-state index is -1.23. The number of nitrogens with zero attached hydrogens (tertiary/aromatic N) is 1. The van der Waals surface area contributed by atoms with Crippen molar-refractivity contribution in [2.45, 2.75) is 31.8 Å². The summed E-state index contributed by atoms with van der Waals surface area (Å²) in [4.78, 5) is 62.7. The zero-order valence-corrected chi connectivity index (χ0v) is 21.5. The first kappa shape index (κ1) is 27.6. The average molecular weight is 609 g/mol. The fraction of sp³-hybridized carbons (Fsp3) is 0.476. The van der Waals surface area contributed by atoms with Crippen LogP contribution in [0.3, 0.4) is 0 Å². The van der Waals surface area contributed by atoms with Gasteiger partial charge in [-0.3, -0.25) is 24.1 Å². The van der Waals surface area contributed by atoms with Gasteiger partial charge >= 0.3 is 12.0 Å². The van der Waals surface area contributed by atoms with Crippen LogP contribution in [0.2, 0.25) is 5.02 Å². The number of alkyl halides is 1. The number of ether oxygens (including phenoxy) is 1. The van der Waals surface area contributed by atoms with Crippen molar-refractivity contribution in [1.82, 2.24) is 20.9 Å². The molecule has 1 aliphatic heterocycles. The van der Waals surface area contributed by atoms with Crippen LogP contribution < -0.4 is 20.7 Å². The van der Waals surface area contributed by atoms with E-state index in [0.29, 0.717) is 20.8 Å². The molecule has 0 saturated carbocycles. The molecule has 3 atom stereocenters. The number of amides is 5. The number of carboxylic acid groups (broad SMARTS) is 1. The van der Waals surface area contributed by atoms with Gasteiger partial charge in [-0.15, -0.1) is 0 Å². The van der Waals surface area contributed by atoms with Crippen LogP contribution in [0.1, 0.15) is 18.9 Å². The first-order valence-electron chi connectivity index (χ1n) is 10.4. The highest BCUT2D eigenvalue weighted by atomic mass is 127. The van der Waals surface area contributed by atoms with Crippen LogP contribution in [0.5, 0.6) is 5.75 Å². The lowest BCUT2D eigenvalue weighted by molar-refractivity contribution is -0.141. The van der Waals surface area contributed by atoms with Crippen LogP contribution in [-0.2, 0) is 25.6 Å². The number of nitrogens with one attached hydrogen (secondary N) is 3. The van der Waals surface area contributed by atoms with E-state index >= 15 is 0 Å². The summed E-state index contributed by atoms with van der Waals surface area (Å²) in [5, 5.41) is 16.8. The number of carboxylic acids is 1. The number of methoxy groups -OCH3 is 1. The molecule has 1 heterocycles. The second kappa shape index (κ2) is 12.7. The Morgan fingerprint density at radius 1 is 1.32 bits per heavy atom.